The van der Waals surface area contributed by atoms with Crippen LogP contribution < -0.4 is 0 Å². The van der Waals surface area contributed by atoms with E-state index < -0.39 is 11.0 Å². The molecule has 0 aliphatic heterocycles. The molecule has 0 aromatic heterocycles. The Bertz CT molecular complexity index is 564. The van der Waals surface area contributed by atoms with Gasteiger partial charge < -0.3 is 14.7 Å². The molecule has 3 atom stereocenters. The Labute approximate surface area is 152 Å². The van der Waals surface area contributed by atoms with E-state index in [1.165, 1.54) is 11.1 Å². The maximum atomic E-state index is 12.1. The molecule has 0 spiro atoms. The van der Waals surface area contributed by atoms with Gasteiger partial charge in [0.1, 0.15) is 12.6 Å². The molecule has 2 aliphatic carbocycles. The van der Waals surface area contributed by atoms with E-state index in [0.717, 1.165) is 69.5 Å². The highest BCUT2D eigenvalue weighted by molar-refractivity contribution is 5.69. The van der Waals surface area contributed by atoms with Crippen LogP contribution >= 0.6 is 0 Å². The lowest BCUT2D eigenvalue weighted by Gasteiger charge is -2.40. The predicted octanol–water partition coefficient (Wildman–Crippen LogP) is 4.78. The number of hydrogen-bond acceptors (Lipinski definition) is 3. The van der Waals surface area contributed by atoms with Crippen molar-refractivity contribution < 1.29 is 14.7 Å². The first-order chi connectivity index (χ1) is 11.7. The first kappa shape index (κ1) is 20.1. The molecule has 0 fully saturated rings. The van der Waals surface area contributed by atoms with Crippen molar-refractivity contribution in [1.82, 2.24) is 0 Å². The van der Waals surface area contributed by atoms with Crippen LogP contribution in [0.1, 0.15) is 79.1 Å². The fourth-order valence-corrected chi connectivity index (χ4v) is 4.60. The van der Waals surface area contributed by atoms with Gasteiger partial charge in [0.2, 0.25) is 0 Å². The van der Waals surface area contributed by atoms with Crippen LogP contribution in [-0.2, 0) is 9.59 Å². The molecule has 140 valence electrons. The van der Waals surface area contributed by atoms with Crippen molar-refractivity contribution in [3.05, 3.63) is 22.8 Å². The molecule has 0 radical (unpaired) electrons. The first-order valence-electron chi connectivity index (χ1n) is 9.74. The van der Waals surface area contributed by atoms with Crippen LogP contribution in [0.5, 0.6) is 0 Å². The van der Waals surface area contributed by atoms with Gasteiger partial charge in [-0.15, -0.1) is 0 Å². The highest BCUT2D eigenvalue weighted by Gasteiger charge is 2.40. The maximum Gasteiger partial charge on any atom is 0.130 e. The lowest BCUT2D eigenvalue weighted by molar-refractivity contribution is -0.115. The number of hydrogen-bond donors (Lipinski definition) is 1. The van der Waals surface area contributed by atoms with Crippen LogP contribution in [0.2, 0.25) is 0 Å². The van der Waals surface area contributed by atoms with Crippen molar-refractivity contribution in [2.24, 2.45) is 17.3 Å². The molecular formula is C22H34O3. The summed E-state index contributed by atoms with van der Waals surface area (Å²) < 4.78 is 0. The summed E-state index contributed by atoms with van der Waals surface area (Å²) in [7, 11) is 0. The number of carbonyl (C=O) groups is 2. The summed E-state index contributed by atoms with van der Waals surface area (Å²) in [4.78, 5) is 23.6. The van der Waals surface area contributed by atoms with Crippen LogP contribution in [-0.4, -0.2) is 23.3 Å². The summed E-state index contributed by atoms with van der Waals surface area (Å²) in [5.41, 5.74) is 2.78. The van der Waals surface area contributed by atoms with E-state index in [1.54, 1.807) is 0 Å². The van der Waals surface area contributed by atoms with E-state index in [9.17, 15) is 14.7 Å². The second kappa shape index (κ2) is 7.99. The summed E-state index contributed by atoms with van der Waals surface area (Å²) in [6, 6.07) is 0. The third-order valence-electron chi connectivity index (χ3n) is 6.35. The van der Waals surface area contributed by atoms with Crippen LogP contribution in [0.15, 0.2) is 22.8 Å². The molecule has 0 saturated carbocycles. The molecule has 2 aliphatic rings. The van der Waals surface area contributed by atoms with E-state index in [4.69, 9.17) is 0 Å². The van der Waals surface area contributed by atoms with E-state index in [2.05, 4.69) is 19.9 Å². The van der Waals surface area contributed by atoms with Gasteiger partial charge in [0.15, 0.2) is 0 Å². The SMILES string of the molecule is CC1=C(C2(C=O)CC=C(CCCC(C)(C)O)CC2)CCC(C)C1C=O. The van der Waals surface area contributed by atoms with Gasteiger partial charge in [-0.05, 0) is 78.1 Å². The maximum absolute atomic E-state index is 12.1. The van der Waals surface area contributed by atoms with Crippen molar-refractivity contribution in [1.29, 1.82) is 0 Å². The number of aldehydes is 2. The van der Waals surface area contributed by atoms with Crippen molar-refractivity contribution in [3.8, 4) is 0 Å². The Morgan fingerprint density at radius 2 is 2.04 bits per heavy atom. The van der Waals surface area contributed by atoms with Gasteiger partial charge in [0.25, 0.3) is 0 Å². The quantitative estimate of drug-likeness (QED) is 0.533. The molecule has 3 nitrogen and oxygen atoms in total. The lowest BCUT2D eigenvalue weighted by atomic mass is 9.63. The van der Waals surface area contributed by atoms with E-state index in [-0.39, 0.29) is 5.92 Å². The van der Waals surface area contributed by atoms with Gasteiger partial charge >= 0.3 is 0 Å². The second-order valence-corrected chi connectivity index (χ2v) is 8.85. The zero-order valence-corrected chi connectivity index (χ0v) is 16.3. The molecule has 0 amide bonds. The number of rotatable bonds is 7. The molecular weight excluding hydrogens is 312 g/mol. The number of allylic oxidation sites excluding steroid dienone is 4. The molecule has 3 heteroatoms. The van der Waals surface area contributed by atoms with Crippen LogP contribution in [0.3, 0.4) is 0 Å². The average Bonchev–Trinajstić information content (AvgIpc) is 2.55. The molecule has 0 heterocycles. The first-order valence-corrected chi connectivity index (χ1v) is 9.74. The van der Waals surface area contributed by atoms with Crippen LogP contribution in [0, 0.1) is 17.3 Å². The minimum atomic E-state index is -0.605. The molecule has 0 saturated heterocycles. The van der Waals surface area contributed by atoms with Gasteiger partial charge in [0, 0.05) is 5.92 Å². The normalized spacial score (nSPS) is 30.8. The summed E-state index contributed by atoms with van der Waals surface area (Å²) in [5.74, 6) is 0.346. The van der Waals surface area contributed by atoms with Crippen LogP contribution in [0.25, 0.3) is 0 Å². The standard InChI is InChI=1S/C22H34O3/c1-16-7-8-20(17(2)19(16)14-23)22(15-24)12-9-18(10-13-22)6-5-11-21(3,4)25/h9,14-16,19,25H,5-8,10-13H2,1-4H3. The van der Waals surface area contributed by atoms with E-state index >= 15 is 0 Å². The zero-order chi connectivity index (χ0) is 18.7. The molecule has 25 heavy (non-hydrogen) atoms. The molecule has 0 bridgehead atoms. The van der Waals surface area contributed by atoms with Gasteiger partial charge in [-0.2, -0.15) is 0 Å². The fraction of sp³-hybridized carbons (Fsp3) is 0.727. The molecule has 1 N–H and O–H groups in total. The van der Waals surface area contributed by atoms with E-state index in [1.807, 2.05) is 13.8 Å². The van der Waals surface area contributed by atoms with Gasteiger partial charge in [-0.25, -0.2) is 0 Å². The molecule has 2 rings (SSSR count). The van der Waals surface area contributed by atoms with Gasteiger partial charge in [-0.1, -0.05) is 29.7 Å². The zero-order valence-electron chi connectivity index (χ0n) is 16.3. The van der Waals surface area contributed by atoms with Crippen LogP contribution in [0.4, 0.5) is 0 Å². The Balaban J connectivity index is 2.11. The summed E-state index contributed by atoms with van der Waals surface area (Å²) in [6.07, 6.45) is 11.8. The Kier molecular flexibility index (Phi) is 6.42. The van der Waals surface area contributed by atoms with Crippen molar-refractivity contribution in [3.63, 3.8) is 0 Å². The third-order valence-corrected chi connectivity index (χ3v) is 6.35. The Morgan fingerprint density at radius 1 is 1.32 bits per heavy atom. The molecule has 0 aromatic rings. The summed E-state index contributed by atoms with van der Waals surface area (Å²) >= 11 is 0. The molecule has 3 unspecified atom stereocenters. The van der Waals surface area contributed by atoms with Crippen molar-refractivity contribution in [2.45, 2.75) is 84.7 Å². The predicted molar refractivity (Wildman–Crippen MR) is 101 cm³/mol. The Hall–Kier alpha value is -1.22. The smallest absolute Gasteiger partial charge is 0.130 e. The van der Waals surface area contributed by atoms with Gasteiger partial charge in [-0.3, -0.25) is 0 Å². The van der Waals surface area contributed by atoms with Gasteiger partial charge in [0.05, 0.1) is 11.0 Å². The number of aliphatic hydroxyl groups is 1. The summed E-state index contributed by atoms with van der Waals surface area (Å²) in [6.45, 7) is 7.89. The monoisotopic (exact) mass is 346 g/mol. The minimum absolute atomic E-state index is 0.0299. The fourth-order valence-electron chi connectivity index (χ4n) is 4.60. The highest BCUT2D eigenvalue weighted by Crippen LogP contribution is 2.48. The number of carbonyl (C=O) groups excluding carboxylic acids is 2. The van der Waals surface area contributed by atoms with Crippen molar-refractivity contribution >= 4 is 12.6 Å². The minimum Gasteiger partial charge on any atom is -0.390 e. The third kappa shape index (κ3) is 4.69. The molecule has 0 aromatic carbocycles. The highest BCUT2D eigenvalue weighted by atomic mass is 16.3. The van der Waals surface area contributed by atoms with E-state index in [0.29, 0.717) is 5.92 Å². The largest absolute Gasteiger partial charge is 0.390 e. The average molecular weight is 347 g/mol. The second-order valence-electron chi connectivity index (χ2n) is 8.85. The summed E-state index contributed by atoms with van der Waals surface area (Å²) in [5, 5.41) is 9.84. The van der Waals surface area contributed by atoms with Crippen molar-refractivity contribution in [2.75, 3.05) is 0 Å². The lowest BCUT2D eigenvalue weighted by Crippen LogP contribution is -2.33. The topological polar surface area (TPSA) is 54.4 Å². The Morgan fingerprint density at radius 3 is 2.56 bits per heavy atom.